The fourth-order valence-electron chi connectivity index (χ4n) is 3.17. The molecule has 1 N–H and O–H groups in total. The molecule has 1 aliphatic carbocycles. The zero-order chi connectivity index (χ0) is 19.4. The standard InChI is InChI=1S/C18H17N3O5S/c19-9-11-6-8-27-16(11)20-14(22)10-26-15(23)5-7-21-17(24)12-3-1-2-4-13(12)18(21)25/h1-2,6,8,12-13H,3-5,7,10H2,(H,20,22)/t12-,13+. The molecule has 0 spiro atoms. The quantitative estimate of drug-likeness (QED) is 0.448. The lowest BCUT2D eigenvalue weighted by molar-refractivity contribution is -0.148. The molecule has 0 bridgehead atoms. The highest BCUT2D eigenvalue weighted by atomic mass is 32.1. The minimum absolute atomic E-state index is 0.0470. The van der Waals surface area contributed by atoms with Gasteiger partial charge in [0, 0.05) is 6.54 Å². The number of anilines is 1. The topological polar surface area (TPSA) is 117 Å². The molecule has 0 saturated carbocycles. The second-order valence-corrected chi connectivity index (χ2v) is 7.13. The highest BCUT2D eigenvalue weighted by Crippen LogP contribution is 2.35. The first kappa shape index (κ1) is 18.8. The second-order valence-electron chi connectivity index (χ2n) is 6.22. The summed E-state index contributed by atoms with van der Waals surface area (Å²) in [6.45, 7) is -0.548. The van der Waals surface area contributed by atoms with Crippen molar-refractivity contribution in [3.05, 3.63) is 29.2 Å². The van der Waals surface area contributed by atoms with Crippen LogP contribution in [0.15, 0.2) is 23.6 Å². The van der Waals surface area contributed by atoms with Crippen LogP contribution in [-0.2, 0) is 23.9 Å². The monoisotopic (exact) mass is 387 g/mol. The lowest BCUT2D eigenvalue weighted by atomic mass is 9.85. The molecular formula is C18H17N3O5S. The minimum atomic E-state index is -0.676. The van der Waals surface area contributed by atoms with E-state index in [0.29, 0.717) is 23.4 Å². The summed E-state index contributed by atoms with van der Waals surface area (Å²) in [6.07, 6.45) is 4.72. The molecule has 1 fully saturated rings. The van der Waals surface area contributed by atoms with Gasteiger partial charge in [-0.3, -0.25) is 24.1 Å². The Labute approximate surface area is 159 Å². The van der Waals surface area contributed by atoms with Crippen molar-refractivity contribution in [2.45, 2.75) is 19.3 Å². The molecule has 1 saturated heterocycles. The molecule has 2 heterocycles. The van der Waals surface area contributed by atoms with Crippen molar-refractivity contribution >= 4 is 40.0 Å². The number of fused-ring (bicyclic) bond motifs is 1. The Morgan fingerprint density at radius 3 is 2.56 bits per heavy atom. The van der Waals surface area contributed by atoms with E-state index in [1.165, 1.54) is 11.3 Å². The van der Waals surface area contributed by atoms with Crippen molar-refractivity contribution in [1.29, 1.82) is 5.26 Å². The number of carbonyl (C=O) groups excluding carboxylic acids is 4. The van der Waals surface area contributed by atoms with Crippen molar-refractivity contribution in [2.75, 3.05) is 18.5 Å². The molecule has 0 aromatic carbocycles. The number of rotatable bonds is 6. The average Bonchev–Trinajstić information content (AvgIpc) is 3.21. The van der Waals surface area contributed by atoms with Crippen LogP contribution in [0.3, 0.4) is 0 Å². The maximum atomic E-state index is 12.3. The lowest BCUT2D eigenvalue weighted by Crippen LogP contribution is -2.33. The third-order valence-electron chi connectivity index (χ3n) is 4.54. The third-order valence-corrected chi connectivity index (χ3v) is 5.37. The number of thiophene rings is 1. The van der Waals surface area contributed by atoms with Gasteiger partial charge in [-0.1, -0.05) is 12.2 Å². The van der Waals surface area contributed by atoms with Gasteiger partial charge in [-0.25, -0.2) is 0 Å². The van der Waals surface area contributed by atoms with E-state index in [1.54, 1.807) is 11.4 Å². The Kier molecular flexibility index (Phi) is 5.66. The van der Waals surface area contributed by atoms with Crippen LogP contribution in [-0.4, -0.2) is 41.7 Å². The number of hydrogen-bond donors (Lipinski definition) is 1. The number of nitriles is 1. The summed E-state index contributed by atoms with van der Waals surface area (Å²) in [5.74, 6) is -2.39. The van der Waals surface area contributed by atoms with Gasteiger partial charge in [0.2, 0.25) is 11.8 Å². The normalized spacial score (nSPS) is 20.9. The van der Waals surface area contributed by atoms with E-state index in [4.69, 9.17) is 10.00 Å². The number of allylic oxidation sites excluding steroid dienone is 2. The molecule has 3 rings (SSSR count). The Bertz CT molecular complexity index is 827. The maximum Gasteiger partial charge on any atom is 0.308 e. The average molecular weight is 387 g/mol. The molecular weight excluding hydrogens is 370 g/mol. The van der Waals surface area contributed by atoms with Crippen LogP contribution in [0.2, 0.25) is 0 Å². The smallest absolute Gasteiger partial charge is 0.308 e. The first-order valence-corrected chi connectivity index (χ1v) is 9.32. The molecule has 3 amide bonds. The number of likely N-dealkylation sites (tertiary alicyclic amines) is 1. The van der Waals surface area contributed by atoms with Gasteiger partial charge in [-0.15, -0.1) is 11.3 Å². The van der Waals surface area contributed by atoms with Gasteiger partial charge in [0.05, 0.1) is 23.8 Å². The molecule has 0 unspecified atom stereocenters. The highest BCUT2D eigenvalue weighted by Gasteiger charge is 2.46. The van der Waals surface area contributed by atoms with Crippen LogP contribution in [0, 0.1) is 23.2 Å². The maximum absolute atomic E-state index is 12.3. The number of hydrogen-bond acceptors (Lipinski definition) is 7. The molecule has 0 radical (unpaired) electrons. The van der Waals surface area contributed by atoms with E-state index in [2.05, 4.69) is 5.32 Å². The number of carbonyl (C=O) groups is 4. The largest absolute Gasteiger partial charge is 0.456 e. The number of imide groups is 1. The van der Waals surface area contributed by atoms with E-state index in [9.17, 15) is 19.2 Å². The SMILES string of the molecule is N#Cc1ccsc1NC(=O)COC(=O)CCN1C(=O)[C@H]2CC=CC[C@H]2C1=O. The first-order valence-electron chi connectivity index (χ1n) is 8.44. The predicted octanol–water partition coefficient (Wildman–Crippen LogP) is 1.44. The summed E-state index contributed by atoms with van der Waals surface area (Å²) in [6, 6.07) is 3.51. The van der Waals surface area contributed by atoms with Crippen LogP contribution < -0.4 is 5.32 Å². The van der Waals surface area contributed by atoms with Crippen molar-refractivity contribution in [2.24, 2.45) is 11.8 Å². The van der Waals surface area contributed by atoms with Crippen LogP contribution in [0.4, 0.5) is 5.00 Å². The van der Waals surface area contributed by atoms with Crippen LogP contribution in [0.25, 0.3) is 0 Å². The second kappa shape index (κ2) is 8.14. The van der Waals surface area contributed by atoms with Crippen molar-refractivity contribution in [3.8, 4) is 6.07 Å². The van der Waals surface area contributed by atoms with Gasteiger partial charge in [-0.05, 0) is 24.3 Å². The summed E-state index contributed by atoms with van der Waals surface area (Å²) in [4.78, 5) is 49.4. The summed E-state index contributed by atoms with van der Waals surface area (Å²) >= 11 is 1.19. The number of ether oxygens (including phenoxy) is 1. The fraction of sp³-hybridized carbons (Fsp3) is 0.389. The van der Waals surface area contributed by atoms with E-state index >= 15 is 0 Å². The van der Waals surface area contributed by atoms with Gasteiger partial charge < -0.3 is 10.1 Å². The summed E-state index contributed by atoms with van der Waals surface area (Å²) in [7, 11) is 0. The van der Waals surface area contributed by atoms with Crippen LogP contribution in [0.5, 0.6) is 0 Å². The number of amides is 3. The molecule has 1 aliphatic heterocycles. The molecule has 2 aliphatic rings. The molecule has 8 nitrogen and oxygen atoms in total. The fourth-order valence-corrected chi connectivity index (χ4v) is 3.92. The van der Waals surface area contributed by atoms with E-state index in [1.807, 2.05) is 18.2 Å². The Morgan fingerprint density at radius 2 is 1.93 bits per heavy atom. The summed E-state index contributed by atoms with van der Waals surface area (Å²) < 4.78 is 4.88. The molecule has 1 aromatic rings. The van der Waals surface area contributed by atoms with Gasteiger partial charge in [0.1, 0.15) is 11.1 Å². The Hall–Kier alpha value is -2.99. The third kappa shape index (κ3) is 4.06. The molecule has 140 valence electrons. The zero-order valence-corrected chi connectivity index (χ0v) is 15.2. The van der Waals surface area contributed by atoms with E-state index < -0.39 is 18.5 Å². The van der Waals surface area contributed by atoms with Crippen molar-refractivity contribution in [3.63, 3.8) is 0 Å². The minimum Gasteiger partial charge on any atom is -0.456 e. The van der Waals surface area contributed by atoms with Crippen LogP contribution >= 0.6 is 11.3 Å². The summed E-state index contributed by atoms with van der Waals surface area (Å²) in [5, 5.41) is 13.4. The molecule has 9 heteroatoms. The lowest BCUT2D eigenvalue weighted by Gasteiger charge is -2.14. The predicted molar refractivity (Wildman–Crippen MR) is 95.3 cm³/mol. The van der Waals surface area contributed by atoms with Crippen molar-refractivity contribution < 1.29 is 23.9 Å². The van der Waals surface area contributed by atoms with E-state index in [0.717, 1.165) is 4.90 Å². The van der Waals surface area contributed by atoms with Gasteiger partial charge in [0.15, 0.2) is 6.61 Å². The van der Waals surface area contributed by atoms with Gasteiger partial charge in [0.25, 0.3) is 5.91 Å². The zero-order valence-electron chi connectivity index (χ0n) is 14.3. The Morgan fingerprint density at radius 1 is 1.26 bits per heavy atom. The van der Waals surface area contributed by atoms with Crippen LogP contribution in [0.1, 0.15) is 24.8 Å². The number of esters is 1. The van der Waals surface area contributed by atoms with Gasteiger partial charge in [-0.2, -0.15) is 5.26 Å². The molecule has 1 aromatic heterocycles. The van der Waals surface area contributed by atoms with Gasteiger partial charge >= 0.3 is 5.97 Å². The first-order chi connectivity index (χ1) is 13.0. The number of nitrogens with one attached hydrogen (secondary N) is 1. The molecule has 2 atom stereocenters. The Balaban J connectivity index is 1.43. The number of nitrogens with zero attached hydrogens (tertiary/aromatic N) is 2. The van der Waals surface area contributed by atoms with E-state index in [-0.39, 0.29) is 36.6 Å². The summed E-state index contributed by atoms with van der Waals surface area (Å²) in [5.41, 5.74) is 0.335. The van der Waals surface area contributed by atoms with Crippen molar-refractivity contribution in [1.82, 2.24) is 4.90 Å². The molecule has 27 heavy (non-hydrogen) atoms. The highest BCUT2D eigenvalue weighted by molar-refractivity contribution is 7.14.